The summed E-state index contributed by atoms with van der Waals surface area (Å²) in [5.41, 5.74) is 0.276. The Morgan fingerprint density at radius 1 is 1.09 bits per heavy atom. The first kappa shape index (κ1) is 26.0. The van der Waals surface area contributed by atoms with Crippen LogP contribution in [0.1, 0.15) is 25.0 Å². The average molecular weight is 500 g/mol. The van der Waals surface area contributed by atoms with E-state index in [1.54, 1.807) is 19.9 Å². The molecule has 1 amide bonds. The fourth-order valence-electron chi connectivity index (χ4n) is 3.81. The van der Waals surface area contributed by atoms with Gasteiger partial charge in [-0.25, -0.2) is 8.42 Å². The summed E-state index contributed by atoms with van der Waals surface area (Å²) in [6.07, 6.45) is -4.80. The number of carbonyl (C=O) groups excluding carboxylic acids is 1. The van der Waals surface area contributed by atoms with Crippen molar-refractivity contribution in [1.82, 2.24) is 4.31 Å². The number of anilines is 2. The van der Waals surface area contributed by atoms with E-state index in [0.29, 0.717) is 45.1 Å². The standard InChI is InChI=1S/C23H28F3N3O4S/c1-3-29(4-2)34(31,32)19-8-9-21(28-10-12-33-13-11-28)20(16-19)27-22(30)15-17-6-5-7-18(14-17)23(24,25)26/h5-9,14,16H,3-4,10-13,15H2,1-2H3,(H,27,30). The number of ether oxygens (including phenoxy) is 1. The predicted octanol–water partition coefficient (Wildman–Crippen LogP) is 3.75. The van der Waals surface area contributed by atoms with Gasteiger partial charge in [0.1, 0.15) is 0 Å². The molecule has 3 rings (SSSR count). The number of hydrogen-bond donors (Lipinski definition) is 1. The van der Waals surface area contributed by atoms with Crippen molar-refractivity contribution in [1.29, 1.82) is 0 Å². The molecule has 1 fully saturated rings. The van der Waals surface area contributed by atoms with Gasteiger partial charge in [0.05, 0.1) is 41.5 Å². The number of carbonyl (C=O) groups is 1. The van der Waals surface area contributed by atoms with Crippen LogP contribution in [0.2, 0.25) is 0 Å². The molecule has 0 atom stereocenters. The third-order valence-electron chi connectivity index (χ3n) is 5.56. The Hall–Kier alpha value is -2.63. The van der Waals surface area contributed by atoms with Gasteiger partial charge in [0.25, 0.3) is 0 Å². The van der Waals surface area contributed by atoms with Crippen molar-refractivity contribution in [3.8, 4) is 0 Å². The fourth-order valence-corrected chi connectivity index (χ4v) is 5.29. The molecule has 0 saturated carbocycles. The van der Waals surface area contributed by atoms with E-state index in [-0.39, 0.29) is 22.6 Å². The number of nitrogens with one attached hydrogen (secondary N) is 1. The number of rotatable bonds is 8. The molecule has 7 nitrogen and oxygen atoms in total. The Labute approximate surface area is 197 Å². The first-order valence-electron chi connectivity index (χ1n) is 11.0. The molecule has 34 heavy (non-hydrogen) atoms. The van der Waals surface area contributed by atoms with Crippen molar-refractivity contribution in [3.63, 3.8) is 0 Å². The van der Waals surface area contributed by atoms with Crippen LogP contribution in [0, 0.1) is 0 Å². The Kier molecular flexibility index (Phi) is 8.21. The van der Waals surface area contributed by atoms with E-state index in [9.17, 15) is 26.4 Å². The van der Waals surface area contributed by atoms with Crippen molar-refractivity contribution in [2.24, 2.45) is 0 Å². The minimum atomic E-state index is -4.51. The van der Waals surface area contributed by atoms with Gasteiger partial charge in [-0.3, -0.25) is 4.79 Å². The maximum absolute atomic E-state index is 13.0. The Bertz CT molecular complexity index is 1110. The number of amides is 1. The maximum atomic E-state index is 13.0. The summed E-state index contributed by atoms with van der Waals surface area (Å²) in [6.45, 7) is 6.13. The molecule has 0 aliphatic carbocycles. The van der Waals surface area contributed by atoms with Gasteiger partial charge in [-0.05, 0) is 29.8 Å². The molecule has 186 valence electrons. The Balaban J connectivity index is 1.91. The minimum Gasteiger partial charge on any atom is -0.378 e. The third kappa shape index (κ3) is 6.08. The second kappa shape index (κ2) is 10.7. The molecule has 0 aromatic heterocycles. The van der Waals surface area contributed by atoms with E-state index in [1.165, 1.54) is 28.6 Å². The summed E-state index contributed by atoms with van der Waals surface area (Å²) in [6, 6.07) is 9.12. The molecular weight excluding hydrogens is 471 g/mol. The van der Waals surface area contributed by atoms with Crippen LogP contribution in [-0.2, 0) is 32.2 Å². The highest BCUT2D eigenvalue weighted by Gasteiger charge is 2.30. The molecule has 1 N–H and O–H groups in total. The van der Waals surface area contributed by atoms with Crippen molar-refractivity contribution in [2.45, 2.75) is 31.3 Å². The van der Waals surface area contributed by atoms with Gasteiger partial charge in [-0.15, -0.1) is 0 Å². The highest BCUT2D eigenvalue weighted by Crippen LogP contribution is 2.32. The summed E-state index contributed by atoms with van der Waals surface area (Å²) >= 11 is 0. The molecule has 2 aromatic rings. The lowest BCUT2D eigenvalue weighted by Crippen LogP contribution is -2.37. The summed E-state index contributed by atoms with van der Waals surface area (Å²) < 4.78 is 71.8. The van der Waals surface area contributed by atoms with Gasteiger partial charge >= 0.3 is 6.18 Å². The van der Waals surface area contributed by atoms with E-state index < -0.39 is 27.7 Å². The van der Waals surface area contributed by atoms with E-state index in [4.69, 9.17) is 4.74 Å². The topological polar surface area (TPSA) is 79.0 Å². The smallest absolute Gasteiger partial charge is 0.378 e. The zero-order valence-electron chi connectivity index (χ0n) is 19.1. The molecule has 0 unspecified atom stereocenters. The molecule has 1 saturated heterocycles. The van der Waals surface area contributed by atoms with Gasteiger partial charge in [0, 0.05) is 26.2 Å². The van der Waals surface area contributed by atoms with Gasteiger partial charge in [0.15, 0.2) is 0 Å². The number of alkyl halides is 3. The lowest BCUT2D eigenvalue weighted by Gasteiger charge is -2.31. The summed E-state index contributed by atoms with van der Waals surface area (Å²) in [4.78, 5) is 14.8. The first-order chi connectivity index (χ1) is 16.1. The van der Waals surface area contributed by atoms with Gasteiger partial charge in [-0.1, -0.05) is 32.0 Å². The molecule has 1 aliphatic rings. The largest absolute Gasteiger partial charge is 0.416 e. The number of nitrogens with zero attached hydrogens (tertiary/aromatic N) is 2. The zero-order valence-corrected chi connectivity index (χ0v) is 19.9. The molecule has 1 aliphatic heterocycles. The summed E-state index contributed by atoms with van der Waals surface area (Å²) in [7, 11) is -3.77. The van der Waals surface area contributed by atoms with Gasteiger partial charge in [-0.2, -0.15) is 17.5 Å². The highest BCUT2D eigenvalue weighted by atomic mass is 32.2. The van der Waals surface area contributed by atoms with E-state index in [1.807, 2.05) is 4.90 Å². The second-order valence-corrected chi connectivity index (χ2v) is 9.73. The van der Waals surface area contributed by atoms with Gasteiger partial charge in [0.2, 0.25) is 15.9 Å². The second-order valence-electron chi connectivity index (χ2n) is 7.79. The lowest BCUT2D eigenvalue weighted by molar-refractivity contribution is -0.137. The third-order valence-corrected chi connectivity index (χ3v) is 7.60. The monoisotopic (exact) mass is 499 g/mol. The number of benzene rings is 2. The van der Waals surface area contributed by atoms with Crippen LogP contribution in [0.3, 0.4) is 0 Å². The van der Waals surface area contributed by atoms with E-state index in [2.05, 4.69) is 5.32 Å². The van der Waals surface area contributed by atoms with E-state index >= 15 is 0 Å². The van der Waals surface area contributed by atoms with Gasteiger partial charge < -0.3 is 15.0 Å². The Morgan fingerprint density at radius 3 is 2.38 bits per heavy atom. The van der Waals surface area contributed by atoms with Crippen LogP contribution < -0.4 is 10.2 Å². The fraction of sp³-hybridized carbons (Fsp3) is 0.435. The van der Waals surface area contributed by atoms with Crippen molar-refractivity contribution in [2.75, 3.05) is 49.6 Å². The molecule has 11 heteroatoms. The van der Waals surface area contributed by atoms with Crippen molar-refractivity contribution >= 4 is 27.3 Å². The van der Waals surface area contributed by atoms with Crippen LogP contribution >= 0.6 is 0 Å². The van der Waals surface area contributed by atoms with Crippen LogP contribution in [-0.4, -0.2) is 58.0 Å². The van der Waals surface area contributed by atoms with Crippen molar-refractivity contribution < 1.29 is 31.1 Å². The zero-order chi connectivity index (χ0) is 24.9. The predicted molar refractivity (Wildman–Crippen MR) is 123 cm³/mol. The number of hydrogen-bond acceptors (Lipinski definition) is 5. The Morgan fingerprint density at radius 2 is 1.76 bits per heavy atom. The molecule has 0 bridgehead atoms. The quantitative estimate of drug-likeness (QED) is 0.599. The number of halogens is 3. The number of morpholine rings is 1. The van der Waals surface area contributed by atoms with Crippen LogP contribution in [0.4, 0.5) is 24.5 Å². The maximum Gasteiger partial charge on any atom is 0.416 e. The first-order valence-corrected chi connectivity index (χ1v) is 12.4. The minimum absolute atomic E-state index is 0.0302. The van der Waals surface area contributed by atoms with Crippen LogP contribution in [0.5, 0.6) is 0 Å². The van der Waals surface area contributed by atoms with Crippen LogP contribution in [0.25, 0.3) is 0 Å². The lowest BCUT2D eigenvalue weighted by atomic mass is 10.1. The summed E-state index contributed by atoms with van der Waals surface area (Å²) in [5, 5.41) is 2.72. The van der Waals surface area contributed by atoms with Crippen LogP contribution in [0.15, 0.2) is 47.4 Å². The molecule has 0 radical (unpaired) electrons. The molecular formula is C23H28F3N3O4S. The average Bonchev–Trinajstić information content (AvgIpc) is 2.80. The normalized spacial score (nSPS) is 14.9. The SMILES string of the molecule is CCN(CC)S(=O)(=O)c1ccc(N2CCOCC2)c(NC(=O)Cc2cccc(C(F)(F)F)c2)c1. The van der Waals surface area contributed by atoms with E-state index in [0.717, 1.165) is 12.1 Å². The molecule has 0 spiro atoms. The summed E-state index contributed by atoms with van der Waals surface area (Å²) in [5.74, 6) is -0.550. The molecule has 2 aromatic carbocycles. The highest BCUT2D eigenvalue weighted by molar-refractivity contribution is 7.89. The molecule has 1 heterocycles. The van der Waals surface area contributed by atoms with Crippen molar-refractivity contribution in [3.05, 3.63) is 53.6 Å². The number of sulfonamides is 1.